The normalized spacial score (nSPS) is 26.6. The third-order valence-corrected chi connectivity index (χ3v) is 5.48. The van der Waals surface area contributed by atoms with Gasteiger partial charge in [0.2, 0.25) is 12.3 Å². The molecule has 2 amide bonds. The van der Waals surface area contributed by atoms with Gasteiger partial charge in [0.25, 0.3) is 0 Å². The number of nitrogens with zero attached hydrogens (tertiary/aromatic N) is 2. The number of rotatable bonds is 3. The number of fused-ring (bicyclic) bond motifs is 1. The molecule has 1 aliphatic carbocycles. The molecular weight excluding hydrogens is 320 g/mol. The van der Waals surface area contributed by atoms with Gasteiger partial charge in [0.15, 0.2) is 0 Å². The number of urea groups is 1. The zero-order valence-electron chi connectivity index (χ0n) is 14.6. The first-order valence-corrected chi connectivity index (χ1v) is 8.53. The maximum atomic E-state index is 12.5. The zero-order chi connectivity index (χ0) is 17.6. The van der Waals surface area contributed by atoms with Crippen molar-refractivity contribution in [2.24, 2.45) is 11.3 Å². The summed E-state index contributed by atoms with van der Waals surface area (Å²) in [6, 6.07) is 5.58. The van der Waals surface area contributed by atoms with E-state index in [1.54, 1.807) is 0 Å². The molecular formula is C18H22N4O3. The Kier molecular flexibility index (Phi) is 3.76. The predicted octanol–water partition coefficient (Wildman–Crippen LogP) is 2.98. The largest absolute Gasteiger partial charge is 0.423 e. The van der Waals surface area contributed by atoms with Crippen LogP contribution in [0, 0.1) is 18.3 Å². The number of aromatic nitrogens is 2. The van der Waals surface area contributed by atoms with E-state index in [4.69, 9.17) is 9.15 Å². The second-order valence-corrected chi connectivity index (χ2v) is 7.42. The first-order valence-electron chi connectivity index (χ1n) is 8.53. The van der Waals surface area contributed by atoms with Crippen LogP contribution in [-0.2, 0) is 4.74 Å². The van der Waals surface area contributed by atoms with Crippen molar-refractivity contribution in [1.82, 2.24) is 15.5 Å². The van der Waals surface area contributed by atoms with Crippen molar-refractivity contribution in [3.8, 4) is 11.5 Å². The molecule has 1 aromatic heterocycles. The van der Waals surface area contributed by atoms with E-state index in [9.17, 15) is 4.79 Å². The monoisotopic (exact) mass is 342 g/mol. The van der Waals surface area contributed by atoms with Gasteiger partial charge in [0.1, 0.15) is 0 Å². The summed E-state index contributed by atoms with van der Waals surface area (Å²) in [5, 5.41) is 13.7. The van der Waals surface area contributed by atoms with Crippen LogP contribution in [-0.4, -0.2) is 35.0 Å². The molecule has 2 aliphatic rings. The van der Waals surface area contributed by atoms with Gasteiger partial charge >= 0.3 is 6.03 Å². The van der Waals surface area contributed by atoms with Gasteiger partial charge < -0.3 is 19.8 Å². The fourth-order valence-electron chi connectivity index (χ4n) is 4.11. The number of carbonyl (C=O) groups is 1. The Morgan fingerprint density at radius 3 is 2.96 bits per heavy atom. The standard InChI is InChI=1S/C18H22N4O3/c1-10-4-5-11(16-22-19-9-25-16)8-13(10)20-17(23)21-14-12-6-7-24-15(12)18(14,2)3/h4-5,8-9,12,14-15H,6-7H2,1-3H3,(H2,20,21,23)/t12-,14-,15-/m1/s1. The molecule has 1 saturated heterocycles. The Morgan fingerprint density at radius 2 is 2.20 bits per heavy atom. The summed E-state index contributed by atoms with van der Waals surface area (Å²) in [7, 11) is 0. The van der Waals surface area contributed by atoms with Crippen LogP contribution in [0.3, 0.4) is 0 Å². The molecule has 1 aliphatic heterocycles. The number of amides is 2. The number of anilines is 1. The Balaban J connectivity index is 1.47. The van der Waals surface area contributed by atoms with Crippen molar-refractivity contribution in [2.45, 2.75) is 39.3 Å². The van der Waals surface area contributed by atoms with Crippen LogP contribution in [0.2, 0.25) is 0 Å². The molecule has 1 aromatic carbocycles. The van der Waals surface area contributed by atoms with E-state index in [0.29, 0.717) is 11.8 Å². The summed E-state index contributed by atoms with van der Waals surface area (Å²) >= 11 is 0. The van der Waals surface area contributed by atoms with Crippen molar-refractivity contribution in [3.63, 3.8) is 0 Å². The van der Waals surface area contributed by atoms with Gasteiger partial charge in [-0.05, 0) is 31.0 Å². The molecule has 0 bridgehead atoms. The van der Waals surface area contributed by atoms with Gasteiger partial charge in [0, 0.05) is 35.2 Å². The van der Waals surface area contributed by atoms with Crippen molar-refractivity contribution in [3.05, 3.63) is 30.2 Å². The van der Waals surface area contributed by atoms with Crippen LogP contribution in [0.4, 0.5) is 10.5 Å². The van der Waals surface area contributed by atoms with Crippen molar-refractivity contribution in [1.29, 1.82) is 0 Å². The molecule has 2 N–H and O–H groups in total. The summed E-state index contributed by atoms with van der Waals surface area (Å²) in [6.07, 6.45) is 2.54. The molecule has 3 atom stereocenters. The van der Waals surface area contributed by atoms with Gasteiger partial charge in [-0.15, -0.1) is 10.2 Å². The second-order valence-electron chi connectivity index (χ2n) is 7.42. The van der Waals surface area contributed by atoms with Gasteiger partial charge in [-0.3, -0.25) is 0 Å². The Bertz CT molecular complexity index is 788. The summed E-state index contributed by atoms with van der Waals surface area (Å²) in [6.45, 7) is 7.02. The summed E-state index contributed by atoms with van der Waals surface area (Å²) in [5.74, 6) is 0.834. The fourth-order valence-corrected chi connectivity index (χ4v) is 4.11. The first kappa shape index (κ1) is 16.1. The van der Waals surface area contributed by atoms with Crippen LogP contribution in [0.15, 0.2) is 29.0 Å². The van der Waals surface area contributed by atoms with E-state index in [1.807, 2.05) is 25.1 Å². The van der Waals surface area contributed by atoms with E-state index in [0.717, 1.165) is 29.8 Å². The van der Waals surface area contributed by atoms with Gasteiger partial charge in [-0.1, -0.05) is 19.9 Å². The molecule has 7 heteroatoms. The highest BCUT2D eigenvalue weighted by Crippen LogP contribution is 2.52. The summed E-state index contributed by atoms with van der Waals surface area (Å²) < 4.78 is 11.0. The molecule has 2 heterocycles. The SMILES string of the molecule is Cc1ccc(-c2nnco2)cc1NC(=O)N[C@@H]1[C@H]2CCO[C@H]2C1(C)C. The van der Waals surface area contributed by atoms with Crippen LogP contribution in [0.25, 0.3) is 11.5 Å². The topological polar surface area (TPSA) is 89.3 Å². The third-order valence-electron chi connectivity index (χ3n) is 5.48. The average molecular weight is 342 g/mol. The minimum atomic E-state index is -0.200. The Morgan fingerprint density at radius 1 is 1.36 bits per heavy atom. The van der Waals surface area contributed by atoms with Crippen molar-refractivity contribution < 1.29 is 13.9 Å². The lowest BCUT2D eigenvalue weighted by Gasteiger charge is -2.54. The number of hydrogen-bond acceptors (Lipinski definition) is 5. The van der Waals surface area contributed by atoms with E-state index >= 15 is 0 Å². The molecule has 1 saturated carbocycles. The van der Waals surface area contributed by atoms with Crippen LogP contribution in [0.1, 0.15) is 25.8 Å². The molecule has 132 valence electrons. The molecule has 2 fully saturated rings. The number of benzene rings is 1. The minimum absolute atomic E-state index is 0.0425. The molecule has 0 spiro atoms. The van der Waals surface area contributed by atoms with Gasteiger partial charge in [-0.25, -0.2) is 4.79 Å². The highest BCUT2D eigenvalue weighted by atomic mass is 16.5. The summed E-state index contributed by atoms with van der Waals surface area (Å²) in [4.78, 5) is 12.5. The smallest absolute Gasteiger partial charge is 0.319 e. The number of ether oxygens (including phenoxy) is 1. The van der Waals surface area contributed by atoms with Crippen molar-refractivity contribution >= 4 is 11.7 Å². The van der Waals surface area contributed by atoms with Gasteiger partial charge in [-0.2, -0.15) is 0 Å². The highest BCUT2D eigenvalue weighted by molar-refractivity contribution is 5.91. The van der Waals surface area contributed by atoms with E-state index in [1.165, 1.54) is 6.39 Å². The lowest BCUT2D eigenvalue weighted by molar-refractivity contribution is -0.107. The van der Waals surface area contributed by atoms with Gasteiger partial charge in [0.05, 0.1) is 6.10 Å². The van der Waals surface area contributed by atoms with Crippen molar-refractivity contribution in [2.75, 3.05) is 11.9 Å². The third kappa shape index (κ3) is 2.68. The van der Waals surface area contributed by atoms with Crippen LogP contribution >= 0.6 is 0 Å². The molecule has 0 unspecified atom stereocenters. The van der Waals surface area contributed by atoms with Crippen LogP contribution < -0.4 is 10.6 Å². The highest BCUT2D eigenvalue weighted by Gasteiger charge is 2.59. The van der Waals surface area contributed by atoms with E-state index in [-0.39, 0.29) is 23.6 Å². The van der Waals surface area contributed by atoms with E-state index < -0.39 is 0 Å². The number of nitrogens with one attached hydrogen (secondary N) is 2. The Hall–Kier alpha value is -2.41. The Labute approximate surface area is 146 Å². The molecule has 0 radical (unpaired) electrons. The van der Waals surface area contributed by atoms with E-state index in [2.05, 4.69) is 34.7 Å². The lowest BCUT2D eigenvalue weighted by atomic mass is 9.57. The molecule has 4 rings (SSSR count). The molecule has 25 heavy (non-hydrogen) atoms. The lowest BCUT2D eigenvalue weighted by Crippen LogP contribution is -2.67. The maximum absolute atomic E-state index is 12.5. The number of carbonyl (C=O) groups excluding carboxylic acids is 1. The number of aryl methyl sites for hydroxylation is 1. The fraction of sp³-hybridized carbons (Fsp3) is 0.500. The zero-order valence-corrected chi connectivity index (χ0v) is 14.6. The predicted molar refractivity (Wildman–Crippen MR) is 92.0 cm³/mol. The van der Waals surface area contributed by atoms with Crippen LogP contribution in [0.5, 0.6) is 0 Å². The molecule has 2 aromatic rings. The summed E-state index contributed by atoms with van der Waals surface area (Å²) in [5.41, 5.74) is 2.42. The molecule has 7 nitrogen and oxygen atoms in total. The second kappa shape index (κ2) is 5.84. The number of hydrogen-bond donors (Lipinski definition) is 2. The maximum Gasteiger partial charge on any atom is 0.319 e. The average Bonchev–Trinajstić information content (AvgIpc) is 3.25. The first-order chi connectivity index (χ1) is 12.0. The quantitative estimate of drug-likeness (QED) is 0.895. The minimum Gasteiger partial charge on any atom is -0.423 e.